The van der Waals surface area contributed by atoms with Gasteiger partial charge in [-0.2, -0.15) is 0 Å². The molecule has 0 saturated carbocycles. The standard InChI is InChI=1S/C56H38N2/c1-2-15-39(16-3-1)44-20-14-21-47(38-44)57(46-34-31-41(32-35-46)45-30-29-40-17-4-5-19-43(40)37-45)52-26-11-8-23-49(52)50-24-9-12-27-53(50)58-54-28-13-10-25-51(54)56-48-22-7-6-18-42(48)33-36-55(56)58/h2,4-5,7-17,19-38H,6,18H2. The van der Waals surface area contributed by atoms with E-state index < -0.39 is 0 Å². The van der Waals surface area contributed by atoms with Crippen molar-refractivity contribution in [2.75, 3.05) is 4.90 Å². The van der Waals surface area contributed by atoms with Crippen LogP contribution in [0, 0.1) is 0 Å². The molecule has 0 atom stereocenters. The predicted molar refractivity (Wildman–Crippen MR) is 245 cm³/mol. The lowest BCUT2D eigenvalue weighted by Gasteiger charge is -2.29. The summed E-state index contributed by atoms with van der Waals surface area (Å²) in [4.78, 5) is 2.41. The molecule has 8 aromatic carbocycles. The number of benzene rings is 8. The van der Waals surface area contributed by atoms with Gasteiger partial charge in [-0.05, 0) is 130 Å². The van der Waals surface area contributed by atoms with Crippen molar-refractivity contribution in [1.82, 2.24) is 4.57 Å². The lowest BCUT2D eigenvalue weighted by molar-refractivity contribution is 0.989. The van der Waals surface area contributed by atoms with E-state index in [4.69, 9.17) is 0 Å². The molecule has 9 aromatic rings. The molecule has 0 amide bonds. The van der Waals surface area contributed by atoms with Gasteiger partial charge in [-0.3, -0.25) is 0 Å². The smallest absolute Gasteiger partial charge is 0.0547 e. The van der Waals surface area contributed by atoms with Crippen molar-refractivity contribution in [3.8, 4) is 27.9 Å². The zero-order valence-electron chi connectivity index (χ0n) is 31.9. The van der Waals surface area contributed by atoms with E-state index in [1.165, 1.54) is 54.8 Å². The molecular weight excluding hydrogens is 701 g/mol. The highest BCUT2D eigenvalue weighted by molar-refractivity contribution is 6.14. The van der Waals surface area contributed by atoms with Crippen LogP contribution < -0.4 is 4.90 Å². The first-order chi connectivity index (χ1) is 28.8. The van der Waals surface area contributed by atoms with E-state index in [0.29, 0.717) is 0 Å². The average Bonchev–Trinajstić information content (AvgIpc) is 3.64. The number of hydrogen-bond acceptors (Lipinski definition) is 1. The van der Waals surface area contributed by atoms with Crippen LogP contribution in [0.25, 0.3) is 72.2 Å². The van der Waals surface area contributed by atoms with Gasteiger partial charge in [-0.15, -0.1) is 0 Å². The summed E-state index contributed by atoms with van der Waals surface area (Å²) in [5, 5.41) is 5.10. The van der Waals surface area contributed by atoms with Crippen molar-refractivity contribution in [3.05, 3.63) is 228 Å². The Hall–Kier alpha value is -7.60. The van der Waals surface area contributed by atoms with E-state index in [-0.39, 0.29) is 0 Å². The minimum Gasteiger partial charge on any atom is -0.310 e. The Morgan fingerprint density at radius 3 is 2.22 bits per heavy atom. The van der Waals surface area contributed by atoms with E-state index in [0.717, 1.165) is 57.9 Å². The predicted octanol–water partition coefficient (Wildman–Crippen LogP) is 15.0. The van der Waals surface area contributed by atoms with Crippen molar-refractivity contribution in [1.29, 1.82) is 0 Å². The number of fused-ring (bicyclic) bond motifs is 6. The highest BCUT2D eigenvalue weighted by Gasteiger charge is 2.23. The zero-order chi connectivity index (χ0) is 38.4. The summed E-state index contributed by atoms with van der Waals surface area (Å²) in [5.74, 6) is 0. The van der Waals surface area contributed by atoms with Crippen molar-refractivity contribution < 1.29 is 0 Å². The van der Waals surface area contributed by atoms with Gasteiger partial charge in [-0.25, -0.2) is 0 Å². The van der Waals surface area contributed by atoms with Crippen molar-refractivity contribution >= 4 is 61.3 Å². The molecule has 58 heavy (non-hydrogen) atoms. The first kappa shape index (κ1) is 33.7. The minimum absolute atomic E-state index is 1.07. The number of rotatable bonds is 7. The van der Waals surface area contributed by atoms with Crippen LogP contribution in [0.15, 0.2) is 212 Å². The van der Waals surface area contributed by atoms with Crippen LogP contribution in [-0.4, -0.2) is 4.57 Å². The number of aryl methyl sites for hydroxylation is 1. The molecule has 0 bridgehead atoms. The fraction of sp³-hybridized carbons (Fsp3) is 0.0357. The molecule has 2 heteroatoms. The first-order valence-corrected chi connectivity index (χ1v) is 20.1. The van der Waals surface area contributed by atoms with Gasteiger partial charge in [0.05, 0.1) is 22.4 Å². The number of nitrogens with zero attached hydrogens (tertiary/aromatic N) is 2. The Labute approximate surface area is 338 Å². The maximum atomic E-state index is 3.15. The molecular formula is C56H38N2. The highest BCUT2D eigenvalue weighted by Crippen LogP contribution is 2.45. The van der Waals surface area contributed by atoms with Crippen LogP contribution in [0.4, 0.5) is 17.1 Å². The molecule has 0 fully saturated rings. The zero-order valence-corrected chi connectivity index (χ0v) is 31.9. The number of allylic oxidation sites excluding steroid dienone is 5. The molecule has 0 spiro atoms. The maximum Gasteiger partial charge on any atom is 0.0547 e. The molecule has 0 N–H and O–H groups in total. The van der Waals surface area contributed by atoms with Crippen LogP contribution in [0.1, 0.15) is 23.1 Å². The summed E-state index contributed by atoms with van der Waals surface area (Å²) in [6.45, 7) is 0. The van der Waals surface area contributed by atoms with E-state index in [1.807, 2.05) is 12.2 Å². The number of para-hydroxylation sites is 3. The number of aromatic nitrogens is 1. The summed E-state index contributed by atoms with van der Waals surface area (Å²) in [5.41, 5.74) is 22.7. The Morgan fingerprint density at radius 2 is 1.33 bits per heavy atom. The van der Waals surface area contributed by atoms with Crippen molar-refractivity contribution in [2.45, 2.75) is 12.8 Å². The summed E-state index contributed by atoms with van der Waals surface area (Å²) >= 11 is 0. The average molecular weight is 739 g/mol. The van der Waals surface area contributed by atoms with Crippen LogP contribution in [-0.2, 0) is 6.42 Å². The summed E-state index contributed by atoms with van der Waals surface area (Å²) < 4.78 is 2.48. The van der Waals surface area contributed by atoms with E-state index in [2.05, 4.69) is 215 Å². The fourth-order valence-corrected chi connectivity index (χ4v) is 8.98. The second kappa shape index (κ2) is 14.2. The molecule has 1 aromatic heterocycles. The van der Waals surface area contributed by atoms with Crippen LogP contribution in [0.5, 0.6) is 0 Å². The Kier molecular flexibility index (Phi) is 8.23. The molecule has 0 saturated heterocycles. The van der Waals surface area contributed by atoms with Gasteiger partial charge in [0.15, 0.2) is 0 Å². The van der Waals surface area contributed by atoms with E-state index in [1.54, 1.807) is 0 Å². The van der Waals surface area contributed by atoms with Gasteiger partial charge in [0.1, 0.15) is 0 Å². The number of anilines is 3. The summed E-state index contributed by atoms with van der Waals surface area (Å²) in [6, 6.07) is 64.4. The van der Waals surface area contributed by atoms with Crippen LogP contribution >= 0.6 is 0 Å². The minimum atomic E-state index is 1.07. The topological polar surface area (TPSA) is 8.17 Å². The largest absolute Gasteiger partial charge is 0.310 e. The molecule has 2 aliphatic rings. The summed E-state index contributed by atoms with van der Waals surface area (Å²) in [6.07, 6.45) is 12.9. The number of hydrogen-bond donors (Lipinski definition) is 0. The third-order valence-corrected chi connectivity index (χ3v) is 11.7. The van der Waals surface area contributed by atoms with Crippen LogP contribution in [0.3, 0.4) is 0 Å². The monoisotopic (exact) mass is 738 g/mol. The maximum absolute atomic E-state index is 3.15. The van der Waals surface area contributed by atoms with Gasteiger partial charge < -0.3 is 9.47 Å². The SMILES string of the molecule is C1=C=CC(c2cccc(N(c3ccc(-c4ccc5ccccc5c4)cc3)c3ccccc3-c3ccccc3-n3c4ccccc4c4c5c(ccc43)CCC=C5)c2)=CC=1. The van der Waals surface area contributed by atoms with Gasteiger partial charge in [0.25, 0.3) is 0 Å². The van der Waals surface area contributed by atoms with Gasteiger partial charge in [0.2, 0.25) is 0 Å². The second-order valence-corrected chi connectivity index (χ2v) is 15.1. The third kappa shape index (κ3) is 5.76. The Morgan fingerprint density at radius 1 is 0.534 bits per heavy atom. The normalized spacial score (nSPS) is 13.0. The van der Waals surface area contributed by atoms with E-state index in [9.17, 15) is 0 Å². The fourth-order valence-electron chi connectivity index (χ4n) is 8.98. The molecule has 2 aliphatic carbocycles. The van der Waals surface area contributed by atoms with Gasteiger partial charge in [0, 0.05) is 33.3 Å². The van der Waals surface area contributed by atoms with Crippen LogP contribution in [0.2, 0.25) is 0 Å². The quantitative estimate of drug-likeness (QED) is 0.148. The summed E-state index contributed by atoms with van der Waals surface area (Å²) in [7, 11) is 0. The molecule has 11 rings (SSSR count). The highest BCUT2D eigenvalue weighted by atomic mass is 15.1. The molecule has 2 nitrogen and oxygen atoms in total. The van der Waals surface area contributed by atoms with Crippen molar-refractivity contribution in [3.63, 3.8) is 0 Å². The first-order valence-electron chi connectivity index (χ1n) is 20.1. The van der Waals surface area contributed by atoms with Gasteiger partial charge in [-0.1, -0.05) is 145 Å². The molecule has 0 radical (unpaired) electrons. The van der Waals surface area contributed by atoms with E-state index >= 15 is 0 Å². The van der Waals surface area contributed by atoms with Gasteiger partial charge >= 0.3 is 0 Å². The third-order valence-electron chi connectivity index (χ3n) is 11.7. The molecule has 0 aliphatic heterocycles. The Balaban J connectivity index is 1.10. The molecule has 272 valence electrons. The molecule has 0 unspecified atom stereocenters. The lowest BCUT2D eigenvalue weighted by Crippen LogP contribution is -2.12. The molecule has 1 heterocycles. The van der Waals surface area contributed by atoms with Crippen molar-refractivity contribution in [2.24, 2.45) is 0 Å². The lowest BCUT2D eigenvalue weighted by atomic mass is 9.93. The Bertz CT molecular complexity index is 3250. The second-order valence-electron chi connectivity index (χ2n) is 15.1.